The second kappa shape index (κ2) is 9.31. The number of hydrogen-bond acceptors (Lipinski definition) is 5. The number of rotatable bonds is 5. The SMILES string of the molecule is COc1ccccc1-c1nn(-c2ccccc2)cc1C(=O)N1CCN(c2ccc(O)cc2)CC1. The fourth-order valence-corrected chi connectivity index (χ4v) is 4.28. The molecule has 34 heavy (non-hydrogen) atoms. The van der Waals surface area contributed by atoms with Crippen molar-refractivity contribution in [1.82, 2.24) is 14.7 Å². The molecular formula is C27H26N4O3. The summed E-state index contributed by atoms with van der Waals surface area (Å²) in [7, 11) is 1.62. The van der Waals surface area contributed by atoms with Gasteiger partial charge >= 0.3 is 0 Å². The van der Waals surface area contributed by atoms with Gasteiger partial charge < -0.3 is 19.6 Å². The van der Waals surface area contributed by atoms with E-state index >= 15 is 0 Å². The molecule has 7 heteroatoms. The number of phenolic OH excluding ortho intramolecular Hbond substituents is 1. The molecule has 0 saturated carbocycles. The highest BCUT2D eigenvalue weighted by Crippen LogP contribution is 2.32. The molecule has 1 fully saturated rings. The molecule has 5 rings (SSSR count). The second-order valence-electron chi connectivity index (χ2n) is 8.17. The minimum Gasteiger partial charge on any atom is -0.508 e. The van der Waals surface area contributed by atoms with Gasteiger partial charge in [-0.2, -0.15) is 5.10 Å². The molecule has 172 valence electrons. The van der Waals surface area contributed by atoms with Crippen molar-refractivity contribution < 1.29 is 14.6 Å². The van der Waals surface area contributed by atoms with Crippen LogP contribution in [0.25, 0.3) is 16.9 Å². The van der Waals surface area contributed by atoms with Gasteiger partial charge in [0.05, 0.1) is 18.4 Å². The van der Waals surface area contributed by atoms with Crippen molar-refractivity contribution in [3.63, 3.8) is 0 Å². The number of anilines is 1. The van der Waals surface area contributed by atoms with Gasteiger partial charge in [-0.15, -0.1) is 0 Å². The predicted molar refractivity (Wildman–Crippen MR) is 132 cm³/mol. The van der Waals surface area contributed by atoms with Gasteiger partial charge in [0, 0.05) is 43.6 Å². The molecule has 1 aromatic heterocycles. The third-order valence-electron chi connectivity index (χ3n) is 6.11. The Kier molecular flexibility index (Phi) is 5.91. The van der Waals surface area contributed by atoms with Crippen LogP contribution in [0.15, 0.2) is 85.1 Å². The van der Waals surface area contributed by atoms with E-state index in [1.807, 2.05) is 77.8 Å². The van der Waals surface area contributed by atoms with E-state index < -0.39 is 0 Å². The Labute approximate surface area is 198 Å². The number of carbonyl (C=O) groups excluding carboxylic acids is 1. The maximum atomic E-state index is 13.7. The first-order valence-corrected chi connectivity index (χ1v) is 11.3. The molecule has 1 saturated heterocycles. The Bertz CT molecular complexity index is 1280. The lowest BCUT2D eigenvalue weighted by Crippen LogP contribution is -2.48. The van der Waals surface area contributed by atoms with Crippen LogP contribution in [0.3, 0.4) is 0 Å². The summed E-state index contributed by atoms with van der Waals surface area (Å²) >= 11 is 0. The van der Waals surface area contributed by atoms with Crippen LogP contribution < -0.4 is 9.64 Å². The molecule has 0 aliphatic carbocycles. The molecule has 1 aliphatic rings. The van der Waals surface area contributed by atoms with Gasteiger partial charge in [-0.3, -0.25) is 4.79 Å². The van der Waals surface area contributed by atoms with E-state index in [0.717, 1.165) is 16.9 Å². The molecule has 0 spiro atoms. The molecule has 0 atom stereocenters. The highest BCUT2D eigenvalue weighted by molar-refractivity contribution is 6.00. The van der Waals surface area contributed by atoms with Gasteiger partial charge in [-0.05, 0) is 48.5 Å². The van der Waals surface area contributed by atoms with Crippen LogP contribution in [0, 0.1) is 0 Å². The van der Waals surface area contributed by atoms with E-state index in [-0.39, 0.29) is 11.7 Å². The van der Waals surface area contributed by atoms with Gasteiger partial charge in [0.1, 0.15) is 17.2 Å². The number of para-hydroxylation sites is 2. The summed E-state index contributed by atoms with van der Waals surface area (Å²) in [6.45, 7) is 2.63. The van der Waals surface area contributed by atoms with E-state index in [9.17, 15) is 9.90 Å². The van der Waals surface area contributed by atoms with E-state index in [1.165, 1.54) is 0 Å². The number of aromatic hydroxyl groups is 1. The van der Waals surface area contributed by atoms with Gasteiger partial charge in [0.15, 0.2) is 0 Å². The molecule has 1 aliphatic heterocycles. The van der Waals surface area contributed by atoms with Crippen molar-refractivity contribution in [2.75, 3.05) is 38.2 Å². The fraction of sp³-hybridized carbons (Fsp3) is 0.185. The smallest absolute Gasteiger partial charge is 0.257 e. The molecule has 0 radical (unpaired) electrons. The third kappa shape index (κ3) is 4.20. The Morgan fingerprint density at radius 2 is 1.53 bits per heavy atom. The van der Waals surface area contributed by atoms with Crippen LogP contribution in [-0.2, 0) is 0 Å². The molecule has 2 heterocycles. The minimum absolute atomic E-state index is 0.0477. The van der Waals surface area contributed by atoms with Gasteiger partial charge in [0.2, 0.25) is 0 Å². The van der Waals surface area contributed by atoms with E-state index in [0.29, 0.717) is 43.2 Å². The van der Waals surface area contributed by atoms with Crippen LogP contribution in [0.2, 0.25) is 0 Å². The van der Waals surface area contributed by atoms with Crippen molar-refractivity contribution in [2.24, 2.45) is 0 Å². The molecule has 1 amide bonds. The number of benzene rings is 3. The number of carbonyl (C=O) groups is 1. The number of amides is 1. The minimum atomic E-state index is -0.0477. The fourth-order valence-electron chi connectivity index (χ4n) is 4.28. The number of hydrogen-bond donors (Lipinski definition) is 1. The Hall–Kier alpha value is -4.26. The number of methoxy groups -OCH3 is 1. The normalized spacial score (nSPS) is 13.7. The molecule has 4 aromatic rings. The van der Waals surface area contributed by atoms with Crippen LogP contribution in [0.4, 0.5) is 5.69 Å². The van der Waals surface area contributed by atoms with Gasteiger partial charge in [-0.1, -0.05) is 30.3 Å². The monoisotopic (exact) mass is 454 g/mol. The van der Waals surface area contributed by atoms with E-state index in [4.69, 9.17) is 9.84 Å². The average molecular weight is 455 g/mol. The standard InChI is InChI=1S/C27H26N4O3/c1-34-25-10-6-5-9-23(25)26-24(19-31(28-26)21-7-3-2-4-8-21)27(33)30-17-15-29(16-18-30)20-11-13-22(32)14-12-20/h2-14,19,32H,15-18H2,1H3. The third-order valence-corrected chi connectivity index (χ3v) is 6.11. The highest BCUT2D eigenvalue weighted by atomic mass is 16.5. The average Bonchev–Trinajstić information content (AvgIpc) is 3.35. The quantitative estimate of drug-likeness (QED) is 0.489. The lowest BCUT2D eigenvalue weighted by molar-refractivity contribution is 0.0747. The summed E-state index contributed by atoms with van der Waals surface area (Å²) in [6.07, 6.45) is 1.81. The summed E-state index contributed by atoms with van der Waals surface area (Å²) in [5.74, 6) is 0.873. The number of aromatic nitrogens is 2. The Balaban J connectivity index is 1.45. The largest absolute Gasteiger partial charge is 0.508 e. The van der Waals surface area contributed by atoms with Gasteiger partial charge in [0.25, 0.3) is 5.91 Å². The van der Waals surface area contributed by atoms with Crippen LogP contribution in [0.5, 0.6) is 11.5 Å². The van der Waals surface area contributed by atoms with Crippen LogP contribution >= 0.6 is 0 Å². The number of piperazine rings is 1. The zero-order valence-corrected chi connectivity index (χ0v) is 19.0. The lowest BCUT2D eigenvalue weighted by atomic mass is 10.1. The predicted octanol–water partition coefficient (Wildman–Crippen LogP) is 4.22. The summed E-state index contributed by atoms with van der Waals surface area (Å²) in [6, 6.07) is 24.6. The summed E-state index contributed by atoms with van der Waals surface area (Å²) < 4.78 is 7.32. The molecule has 3 aromatic carbocycles. The topological polar surface area (TPSA) is 70.8 Å². The number of ether oxygens (including phenoxy) is 1. The zero-order chi connectivity index (χ0) is 23.5. The molecule has 0 unspecified atom stereocenters. The highest BCUT2D eigenvalue weighted by Gasteiger charge is 2.27. The maximum Gasteiger partial charge on any atom is 0.257 e. The molecule has 1 N–H and O–H groups in total. The first kappa shape index (κ1) is 21.6. The number of nitrogens with zero attached hydrogens (tertiary/aromatic N) is 4. The van der Waals surface area contributed by atoms with Crippen molar-refractivity contribution in [3.05, 3.63) is 90.6 Å². The molecular weight excluding hydrogens is 428 g/mol. The van der Waals surface area contributed by atoms with Crippen molar-refractivity contribution in [3.8, 4) is 28.4 Å². The van der Waals surface area contributed by atoms with Crippen molar-refractivity contribution in [2.45, 2.75) is 0 Å². The van der Waals surface area contributed by atoms with Crippen LogP contribution in [0.1, 0.15) is 10.4 Å². The summed E-state index contributed by atoms with van der Waals surface area (Å²) in [4.78, 5) is 17.8. The Morgan fingerprint density at radius 1 is 0.853 bits per heavy atom. The molecule has 0 bridgehead atoms. The first-order chi connectivity index (χ1) is 16.6. The lowest BCUT2D eigenvalue weighted by Gasteiger charge is -2.36. The Morgan fingerprint density at radius 3 is 2.24 bits per heavy atom. The maximum absolute atomic E-state index is 13.7. The van der Waals surface area contributed by atoms with Gasteiger partial charge in [-0.25, -0.2) is 4.68 Å². The van der Waals surface area contributed by atoms with E-state index in [2.05, 4.69) is 4.90 Å². The molecule has 7 nitrogen and oxygen atoms in total. The van der Waals surface area contributed by atoms with Crippen molar-refractivity contribution in [1.29, 1.82) is 0 Å². The van der Waals surface area contributed by atoms with Crippen molar-refractivity contribution >= 4 is 11.6 Å². The first-order valence-electron chi connectivity index (χ1n) is 11.3. The second-order valence-corrected chi connectivity index (χ2v) is 8.17. The summed E-state index contributed by atoms with van der Waals surface area (Å²) in [5, 5.41) is 14.4. The zero-order valence-electron chi connectivity index (χ0n) is 19.0. The van der Waals surface area contributed by atoms with Crippen LogP contribution in [-0.4, -0.2) is 59.0 Å². The summed E-state index contributed by atoms with van der Waals surface area (Å²) in [5.41, 5.74) is 3.86. The number of phenols is 1. The van der Waals surface area contributed by atoms with E-state index in [1.54, 1.807) is 23.9 Å².